The van der Waals surface area contributed by atoms with Gasteiger partial charge in [-0.05, 0) is 60.6 Å². The van der Waals surface area contributed by atoms with E-state index < -0.39 is 27.4 Å². The number of pyridine rings is 1. The summed E-state index contributed by atoms with van der Waals surface area (Å²) in [5, 5.41) is 8.59. The van der Waals surface area contributed by atoms with E-state index >= 15 is 0 Å². The van der Waals surface area contributed by atoms with Crippen molar-refractivity contribution in [2.45, 2.75) is 11.1 Å². The second-order valence-corrected chi connectivity index (χ2v) is 10.6. The molecular weight excluding hydrogens is 497 g/mol. The largest absolute Gasteiger partial charge is 0.388 e. The molecule has 0 aliphatic carbocycles. The van der Waals surface area contributed by atoms with E-state index in [1.54, 1.807) is 32.2 Å². The van der Waals surface area contributed by atoms with Gasteiger partial charge in [0.15, 0.2) is 0 Å². The number of fused-ring (bicyclic) bond motifs is 1. The second-order valence-electron chi connectivity index (χ2n) is 7.38. The molecule has 2 aromatic carbocycles. The topological polar surface area (TPSA) is 139 Å². The highest BCUT2D eigenvalue weighted by molar-refractivity contribution is 7.92. The Hall–Kier alpha value is -4.10. The van der Waals surface area contributed by atoms with E-state index in [2.05, 4.69) is 15.8 Å². The van der Waals surface area contributed by atoms with Crippen molar-refractivity contribution in [1.29, 1.82) is 0 Å². The number of nitrogens with one attached hydrogen (secondary N) is 3. The number of hydrogen-bond acceptors (Lipinski definition) is 8. The number of carbonyl (C=O) groups excluding carboxylic acids is 1. The van der Waals surface area contributed by atoms with Gasteiger partial charge < -0.3 is 10.6 Å². The van der Waals surface area contributed by atoms with Crippen LogP contribution >= 0.6 is 11.3 Å². The smallest absolute Gasteiger partial charge is 0.333 e. The van der Waals surface area contributed by atoms with E-state index in [0.29, 0.717) is 11.1 Å². The van der Waals surface area contributed by atoms with Gasteiger partial charge in [0.2, 0.25) is 0 Å². The van der Waals surface area contributed by atoms with Gasteiger partial charge >= 0.3 is 6.03 Å². The Kier molecular flexibility index (Phi) is 6.37. The zero-order valence-corrected chi connectivity index (χ0v) is 20.0. The number of amides is 2. The summed E-state index contributed by atoms with van der Waals surface area (Å²) in [5.74, 6) is -0.898. The lowest BCUT2D eigenvalue weighted by atomic mass is 10.1. The van der Waals surface area contributed by atoms with Crippen LogP contribution in [0.4, 0.5) is 26.2 Å². The molecule has 0 bridgehead atoms. The lowest BCUT2D eigenvalue weighted by molar-refractivity contribution is 0.256. The van der Waals surface area contributed by atoms with E-state index in [4.69, 9.17) is 0 Å². The lowest BCUT2D eigenvalue weighted by Crippen LogP contribution is -2.34. The molecule has 35 heavy (non-hydrogen) atoms. The quantitative estimate of drug-likeness (QED) is 0.324. The monoisotopic (exact) mass is 515 g/mol. The van der Waals surface area contributed by atoms with Gasteiger partial charge in [-0.15, -0.1) is 16.2 Å². The highest BCUT2D eigenvalue weighted by Gasteiger charge is 2.20. The summed E-state index contributed by atoms with van der Waals surface area (Å²) in [7, 11) is -2.41. The van der Waals surface area contributed by atoms with Gasteiger partial charge in [0.1, 0.15) is 15.7 Å². The molecule has 2 amide bonds. The first-order valence-electron chi connectivity index (χ1n) is 10.0. The Morgan fingerprint density at radius 2 is 1.80 bits per heavy atom. The zero-order chi connectivity index (χ0) is 25.3. The number of sulfonamides is 1. The van der Waals surface area contributed by atoms with Crippen LogP contribution < -0.4 is 20.9 Å². The average molecular weight is 516 g/mol. The second kappa shape index (κ2) is 9.27. The summed E-state index contributed by atoms with van der Waals surface area (Å²) in [4.78, 5) is 37.3. The van der Waals surface area contributed by atoms with Crippen molar-refractivity contribution in [2.24, 2.45) is 5.18 Å². The number of urea groups is 1. The van der Waals surface area contributed by atoms with Gasteiger partial charge in [0.25, 0.3) is 15.6 Å². The van der Waals surface area contributed by atoms with Crippen molar-refractivity contribution in [3.05, 3.63) is 80.7 Å². The van der Waals surface area contributed by atoms with Gasteiger partial charge in [-0.1, -0.05) is 0 Å². The number of halogens is 1. The molecule has 10 nitrogen and oxygen atoms in total. The molecule has 4 rings (SSSR count). The number of rotatable bonds is 6. The summed E-state index contributed by atoms with van der Waals surface area (Å²) in [6, 6.07) is 10.0. The molecule has 0 saturated heterocycles. The maximum atomic E-state index is 15.0. The zero-order valence-electron chi connectivity index (χ0n) is 18.3. The van der Waals surface area contributed by atoms with Crippen molar-refractivity contribution in [3.63, 3.8) is 0 Å². The van der Waals surface area contributed by atoms with Gasteiger partial charge in [-0.25, -0.2) is 22.3 Å². The normalized spacial score (nSPS) is 11.3. The van der Waals surface area contributed by atoms with Crippen LogP contribution in [0.1, 0.15) is 4.88 Å². The summed E-state index contributed by atoms with van der Waals surface area (Å²) in [5.41, 5.74) is -0.221. The summed E-state index contributed by atoms with van der Waals surface area (Å²) < 4.78 is 42.3. The summed E-state index contributed by atoms with van der Waals surface area (Å²) in [6.45, 7) is 1.72. The minimum atomic E-state index is -4.09. The molecule has 2 aromatic heterocycles. The predicted molar refractivity (Wildman–Crippen MR) is 133 cm³/mol. The summed E-state index contributed by atoms with van der Waals surface area (Å²) >= 11 is 0.996. The molecule has 0 atom stereocenters. The number of hydrogen-bond donors (Lipinski definition) is 3. The van der Waals surface area contributed by atoms with E-state index in [9.17, 15) is 27.3 Å². The molecule has 0 aliphatic rings. The van der Waals surface area contributed by atoms with Gasteiger partial charge in [-0.3, -0.25) is 9.36 Å². The van der Waals surface area contributed by atoms with E-state index in [1.807, 2.05) is 4.72 Å². The lowest BCUT2D eigenvalue weighted by Gasteiger charge is -2.12. The van der Waals surface area contributed by atoms with Gasteiger partial charge in [-0.2, -0.15) is 0 Å². The first kappa shape index (κ1) is 24.0. The molecule has 0 unspecified atom stereocenters. The number of nitrogens with zero attached hydrogens (tertiary/aromatic N) is 2. The third-order valence-corrected chi connectivity index (χ3v) is 7.88. The Morgan fingerprint density at radius 1 is 1.06 bits per heavy atom. The molecule has 4 aromatic rings. The Labute approximate surface area is 202 Å². The fourth-order valence-corrected chi connectivity index (χ4v) is 5.59. The number of anilines is 2. The third kappa shape index (κ3) is 4.76. The number of thiophene rings is 1. The number of nitroso groups, excluding NO2 is 1. The third-order valence-electron chi connectivity index (χ3n) is 5.06. The Morgan fingerprint density at radius 3 is 2.43 bits per heavy atom. The average Bonchev–Trinajstić information content (AvgIpc) is 3.26. The van der Waals surface area contributed by atoms with E-state index in [-0.39, 0.29) is 26.7 Å². The van der Waals surface area contributed by atoms with E-state index in [1.165, 1.54) is 24.3 Å². The van der Waals surface area contributed by atoms with Crippen LogP contribution in [0.5, 0.6) is 0 Å². The minimum Gasteiger partial charge on any atom is -0.388 e. The molecule has 180 valence electrons. The van der Waals surface area contributed by atoms with Crippen LogP contribution in [0.2, 0.25) is 0 Å². The fraction of sp³-hybridized carbons (Fsp3) is 0.0909. The van der Waals surface area contributed by atoms with Crippen molar-refractivity contribution in [3.8, 4) is 5.69 Å². The predicted octanol–water partition coefficient (Wildman–Crippen LogP) is 4.45. The molecular formula is C22H18FN5O5S2. The molecule has 13 heteroatoms. The summed E-state index contributed by atoms with van der Waals surface area (Å²) in [6.07, 6.45) is 1.13. The van der Waals surface area contributed by atoms with Crippen LogP contribution in [0.3, 0.4) is 0 Å². The number of aromatic nitrogens is 1. The first-order chi connectivity index (χ1) is 16.6. The van der Waals surface area contributed by atoms with Gasteiger partial charge in [0, 0.05) is 40.3 Å². The SMILES string of the molecule is CNc1ccc2c(=O)n(-c3ccc(NC(=O)NS(=O)(=O)c4ccc(C)s4)cc3F)cc(N=O)c2c1. The molecule has 2 heterocycles. The van der Waals surface area contributed by atoms with Crippen LogP contribution in [0, 0.1) is 17.6 Å². The number of carbonyl (C=O) groups is 1. The molecule has 3 N–H and O–H groups in total. The minimum absolute atomic E-state index is 0.0382. The van der Waals surface area contributed by atoms with Crippen LogP contribution in [-0.4, -0.2) is 26.1 Å². The fourth-order valence-electron chi connectivity index (χ4n) is 3.40. The Bertz CT molecular complexity index is 1650. The first-order valence-corrected chi connectivity index (χ1v) is 12.3. The maximum absolute atomic E-state index is 15.0. The highest BCUT2D eigenvalue weighted by Crippen LogP contribution is 2.28. The maximum Gasteiger partial charge on any atom is 0.333 e. The van der Waals surface area contributed by atoms with Crippen molar-refractivity contribution in [1.82, 2.24) is 9.29 Å². The molecule has 0 radical (unpaired) electrons. The van der Waals surface area contributed by atoms with Crippen molar-refractivity contribution >= 4 is 55.2 Å². The van der Waals surface area contributed by atoms with Crippen molar-refractivity contribution in [2.75, 3.05) is 17.7 Å². The van der Waals surface area contributed by atoms with Crippen molar-refractivity contribution < 1.29 is 17.6 Å². The number of aryl methyl sites for hydroxylation is 1. The van der Waals surface area contributed by atoms with Crippen LogP contribution in [0.25, 0.3) is 16.5 Å². The van der Waals surface area contributed by atoms with Crippen LogP contribution in [0.15, 0.2) is 68.9 Å². The van der Waals surface area contributed by atoms with E-state index in [0.717, 1.165) is 33.0 Å². The van der Waals surface area contributed by atoms with Crippen LogP contribution in [-0.2, 0) is 10.0 Å². The van der Waals surface area contributed by atoms with Gasteiger partial charge in [0.05, 0.1) is 5.69 Å². The highest BCUT2D eigenvalue weighted by atomic mass is 32.2. The molecule has 0 saturated carbocycles. The molecule has 0 aliphatic heterocycles. The molecule has 0 spiro atoms. The molecule has 0 fully saturated rings. The standard InChI is InChI=1S/C22H18FN5O5S2/c1-12-3-8-20(34-12)35(32,33)27-22(30)25-14-5-7-19(17(23)10-14)28-11-18(26-31)16-9-13(24-2)4-6-15(16)21(28)29/h3-11,24H,1-2H3,(H2,25,27,30). The Balaban J connectivity index is 1.63. The number of benzene rings is 2.